The normalized spacial score (nSPS) is 27.1. The molecule has 0 radical (unpaired) electrons. The zero-order chi connectivity index (χ0) is 97.1. The Bertz CT molecular complexity index is 4990. The van der Waals surface area contributed by atoms with Crippen LogP contribution < -0.4 is 0 Å². The van der Waals surface area contributed by atoms with Crippen LogP contribution in [0.5, 0.6) is 0 Å². The van der Waals surface area contributed by atoms with Crippen LogP contribution in [-0.4, -0.2) is 405 Å². The molecule has 0 unspecified atom stereocenters. The first-order valence-electron chi connectivity index (χ1n) is 46.3. The standard InChI is InChI=1S/C92H120N14O32S/c107-45-69-75(111)79(115)83(119)87(135-69)131-49-55-41-103(99-93-55)19-27-127-35-31-123-23-15-91(16-24-124-32-36-128-28-20-104-42-56(94-100-104)50-132-88-84(120)80(116)76(112)70(46-108)136-88)65-7-3-1-5-61(65)63-11-9-53(39-67(63)91)59-13-14-60(74-73(59)97-139-98-74)54-10-12-64-62-6-2-4-8-66(62)92(68(64)40-54,17-25-125-33-37-129-29-21-105-43-57(95-101-105)51-133-89-85(121)81(117)77(113)71(47-109)137-89)18-26-126-34-38-130-30-22-106-44-58(96-102-106)52-134-90-86(122)82(118)78(114)72(48-110)138-90/h1-14,39-44,69-72,75-90,107-122H,15-38,45-52H2/t69-,70-,71-,72-,75-,76-,77-,78-,79+,80+,81+,82+,83+,84+,85+,86+,87+,88+,89+,90+/m1/s1. The number of aliphatic hydroxyl groups is 16. The van der Waals surface area contributed by atoms with Gasteiger partial charge >= 0.3 is 0 Å². The highest BCUT2D eigenvalue weighted by molar-refractivity contribution is 7.00. The van der Waals surface area contributed by atoms with E-state index in [0.29, 0.717) is 101 Å². The highest BCUT2D eigenvalue weighted by atomic mass is 32.1. The van der Waals surface area contributed by atoms with E-state index < -0.39 is 160 Å². The molecule has 4 saturated heterocycles. The molecule has 5 aromatic heterocycles. The lowest BCUT2D eigenvalue weighted by Gasteiger charge is -2.39. The molecule has 0 amide bonds. The lowest BCUT2D eigenvalue weighted by atomic mass is 9.72. The number of nitrogens with zero attached hydrogens (tertiary/aromatic N) is 14. The molecule has 10 aromatic rings. The summed E-state index contributed by atoms with van der Waals surface area (Å²) < 4.78 is 111. The maximum atomic E-state index is 10.4. The Balaban J connectivity index is 0.587. The molecule has 20 atom stereocenters. The number of hydrogen-bond donors (Lipinski definition) is 16. The van der Waals surface area contributed by atoms with Crippen LogP contribution in [-0.2, 0) is 139 Å². The van der Waals surface area contributed by atoms with E-state index in [0.717, 1.165) is 89.5 Å². The third kappa shape index (κ3) is 24.2. The molecular weight excluding hydrogens is 1850 g/mol. The lowest BCUT2D eigenvalue weighted by Crippen LogP contribution is -2.59. The monoisotopic (exact) mass is 1960 g/mol. The zero-order valence-electron chi connectivity index (χ0n) is 76.1. The summed E-state index contributed by atoms with van der Waals surface area (Å²) in [5, 5.41) is 195. The van der Waals surface area contributed by atoms with Crippen molar-refractivity contribution in [1.29, 1.82) is 0 Å². The fourth-order valence-corrected chi connectivity index (χ4v) is 18.9. The molecule has 0 saturated carbocycles. The van der Waals surface area contributed by atoms with Gasteiger partial charge in [0.25, 0.3) is 0 Å². The van der Waals surface area contributed by atoms with Gasteiger partial charge in [0.15, 0.2) is 25.2 Å². The number of rotatable bonds is 54. The van der Waals surface area contributed by atoms with Gasteiger partial charge in [0.1, 0.15) is 131 Å². The van der Waals surface area contributed by atoms with E-state index in [4.69, 9.17) is 84.5 Å². The Labute approximate surface area is 800 Å². The highest BCUT2D eigenvalue weighted by Gasteiger charge is 2.50. The summed E-state index contributed by atoms with van der Waals surface area (Å²) >= 11 is 1.14. The zero-order valence-corrected chi connectivity index (χ0v) is 76.9. The SMILES string of the molecule is OC[C@H]1O[C@H](OCc2cn(CCOCCOCCC3(CCOCCOCCn4cc(CO[C@H]5O[C@H](CO)[C@@H](O)[C@H](O)[C@@H]5O)nn4)c4ccccc4-c4ccc(-c5ccc(-c6ccc7c(c6)C(CCOCCOCCn6cc(CO[C@H]8O[C@H](CO)[C@@H](O)[C@H](O)[C@@H]8O)nn6)(CCOCCOCCn6cc(CO[C@H]8O[C@H](CO)[C@@H](O)[C@H](O)[C@@H]8O)nn6)c6ccccc6-7)c6nsnc56)cc43)nn2)[C@@H](O)[C@@H](O)[C@@H]1O. The van der Waals surface area contributed by atoms with Crippen molar-refractivity contribution in [3.63, 3.8) is 0 Å². The average Bonchev–Trinajstić information content (AvgIpc) is 1.56. The second-order valence-corrected chi connectivity index (χ2v) is 35.3. The number of ether oxygens (including phenoxy) is 16. The van der Waals surface area contributed by atoms with Gasteiger partial charge in [0, 0.05) is 48.4 Å². The molecule has 16 rings (SSSR count). The van der Waals surface area contributed by atoms with Crippen LogP contribution in [0.3, 0.4) is 0 Å². The molecule has 2 aliphatic carbocycles. The molecule has 0 bridgehead atoms. The van der Waals surface area contributed by atoms with Gasteiger partial charge in [-0.25, -0.2) is 18.7 Å². The van der Waals surface area contributed by atoms with Crippen molar-refractivity contribution < 1.29 is 157 Å². The molecule has 0 spiro atoms. The van der Waals surface area contributed by atoms with Gasteiger partial charge < -0.3 is 157 Å². The van der Waals surface area contributed by atoms with E-state index in [2.05, 4.69) is 126 Å². The van der Waals surface area contributed by atoms with Crippen LogP contribution in [0, 0.1) is 0 Å². The third-order valence-electron chi connectivity index (χ3n) is 25.9. The van der Waals surface area contributed by atoms with Crippen molar-refractivity contribution in [2.75, 3.05) is 132 Å². The summed E-state index contributed by atoms with van der Waals surface area (Å²) in [4.78, 5) is 0. The van der Waals surface area contributed by atoms with Crippen LogP contribution in [0.2, 0.25) is 0 Å². The minimum absolute atomic E-state index is 0.141. The predicted molar refractivity (Wildman–Crippen MR) is 480 cm³/mol. The molecule has 46 nitrogen and oxygen atoms in total. The molecule has 16 N–H and O–H groups in total. The van der Waals surface area contributed by atoms with Crippen LogP contribution in [0.15, 0.2) is 122 Å². The minimum atomic E-state index is -1.59. The second-order valence-electron chi connectivity index (χ2n) is 34.7. The van der Waals surface area contributed by atoms with Crippen LogP contribution in [0.1, 0.15) is 70.7 Å². The Morgan fingerprint density at radius 3 is 0.806 bits per heavy atom. The number of fused-ring (bicyclic) bond motifs is 7. The van der Waals surface area contributed by atoms with Crippen molar-refractivity contribution in [1.82, 2.24) is 68.7 Å². The maximum Gasteiger partial charge on any atom is 0.187 e. The second kappa shape index (κ2) is 49.0. The van der Waals surface area contributed by atoms with E-state index in [1.807, 2.05) is 12.1 Å². The molecule has 9 heterocycles. The highest BCUT2D eigenvalue weighted by Crippen LogP contribution is 2.56. The number of hydrogen-bond acceptors (Lipinski definition) is 43. The summed E-state index contributed by atoms with van der Waals surface area (Å²) in [5.41, 5.74) is 14.2. The molecule has 47 heteroatoms. The summed E-state index contributed by atoms with van der Waals surface area (Å²) in [7, 11) is 0. The predicted octanol–water partition coefficient (Wildman–Crippen LogP) is -2.32. The Morgan fingerprint density at radius 2 is 0.532 bits per heavy atom. The molecular formula is C92H120N14O32S. The largest absolute Gasteiger partial charge is 0.394 e. The molecule has 756 valence electrons. The Morgan fingerprint density at radius 1 is 0.281 bits per heavy atom. The van der Waals surface area contributed by atoms with Gasteiger partial charge in [-0.05, 0) is 93.5 Å². The van der Waals surface area contributed by atoms with Crippen molar-refractivity contribution in [2.45, 2.75) is 212 Å². The molecule has 6 aliphatic rings. The van der Waals surface area contributed by atoms with E-state index in [-0.39, 0.29) is 106 Å². The number of benzene rings is 5. The quantitative estimate of drug-likeness (QED) is 0.0178. The van der Waals surface area contributed by atoms with Gasteiger partial charge in [0.05, 0.1) is 195 Å². The van der Waals surface area contributed by atoms with E-state index in [9.17, 15) is 81.7 Å². The molecule has 4 aliphatic heterocycles. The van der Waals surface area contributed by atoms with Gasteiger partial charge in [-0.1, -0.05) is 106 Å². The van der Waals surface area contributed by atoms with Crippen LogP contribution in [0.4, 0.5) is 0 Å². The molecule has 4 fully saturated rings. The first kappa shape index (κ1) is 103. The van der Waals surface area contributed by atoms with Crippen molar-refractivity contribution in [3.8, 4) is 44.5 Å². The average molecular weight is 1970 g/mol. The topological polar surface area (TPSA) is 620 Å². The summed E-state index contributed by atoms with van der Waals surface area (Å²) in [6, 6.07) is 34.3. The summed E-state index contributed by atoms with van der Waals surface area (Å²) in [6.45, 7) is 3.04. The van der Waals surface area contributed by atoms with Gasteiger partial charge in [0.2, 0.25) is 0 Å². The van der Waals surface area contributed by atoms with E-state index in [1.165, 1.54) is 0 Å². The van der Waals surface area contributed by atoms with Crippen molar-refractivity contribution in [3.05, 3.63) is 167 Å². The Kier molecular flexibility index (Phi) is 36.3. The fraction of sp³-hybridized carbons (Fsp3) is 0.587. The lowest BCUT2D eigenvalue weighted by molar-refractivity contribution is -0.304. The Hall–Kier alpha value is -8.80. The molecule has 139 heavy (non-hydrogen) atoms. The first-order valence-corrected chi connectivity index (χ1v) is 47.0. The summed E-state index contributed by atoms with van der Waals surface area (Å²) in [6.07, 6.45) is -19.7. The first-order chi connectivity index (χ1) is 67.7. The number of aromatic nitrogens is 14. The maximum absolute atomic E-state index is 10.4. The molecule has 5 aromatic carbocycles. The van der Waals surface area contributed by atoms with Gasteiger partial charge in [-0.3, -0.25) is 0 Å². The fourth-order valence-electron chi connectivity index (χ4n) is 18.4. The smallest absolute Gasteiger partial charge is 0.187 e. The van der Waals surface area contributed by atoms with Crippen molar-refractivity contribution >= 4 is 22.8 Å². The van der Waals surface area contributed by atoms with Gasteiger partial charge in [-0.15, -0.1) is 20.4 Å². The van der Waals surface area contributed by atoms with E-state index in [1.54, 1.807) is 43.5 Å². The third-order valence-corrected chi connectivity index (χ3v) is 26.5. The summed E-state index contributed by atoms with van der Waals surface area (Å²) in [5.74, 6) is 0. The van der Waals surface area contributed by atoms with E-state index >= 15 is 0 Å². The van der Waals surface area contributed by atoms with Crippen LogP contribution in [0.25, 0.3) is 55.5 Å². The van der Waals surface area contributed by atoms with Crippen LogP contribution >= 0.6 is 11.7 Å². The van der Waals surface area contributed by atoms with Crippen molar-refractivity contribution in [2.24, 2.45) is 0 Å². The van der Waals surface area contributed by atoms with Gasteiger partial charge in [-0.2, -0.15) is 8.75 Å². The number of aliphatic hydroxyl groups excluding tert-OH is 16. The minimum Gasteiger partial charge on any atom is -0.394 e.